The summed E-state index contributed by atoms with van der Waals surface area (Å²) in [6.45, 7) is 1.86. The Kier molecular flexibility index (Phi) is 3.69. The van der Waals surface area contributed by atoms with E-state index in [0.717, 1.165) is 24.8 Å². The quantitative estimate of drug-likeness (QED) is 0.713. The Morgan fingerprint density at radius 1 is 1.17 bits per heavy atom. The molecule has 4 rings (SSSR count). The Morgan fingerprint density at radius 3 is 2.62 bits per heavy atom. The van der Waals surface area contributed by atoms with Crippen LogP contribution in [0.5, 0.6) is 0 Å². The van der Waals surface area contributed by atoms with Gasteiger partial charge < -0.3 is 5.11 Å². The lowest BCUT2D eigenvalue weighted by Gasteiger charge is -2.54. The Morgan fingerprint density at radius 2 is 1.92 bits per heavy atom. The van der Waals surface area contributed by atoms with Crippen molar-refractivity contribution < 1.29 is 23.1 Å². The largest absolute Gasteiger partial charge is 0.392 e. The van der Waals surface area contributed by atoms with E-state index in [4.69, 9.17) is 0 Å². The molecule has 1 N–H and O–H groups in total. The molecule has 134 valence electrons. The maximum Gasteiger partial charge on any atom is 0.392 e. The lowest BCUT2D eigenvalue weighted by Crippen LogP contribution is -2.49. The summed E-state index contributed by atoms with van der Waals surface area (Å²) in [5.41, 5.74) is 0.518. The highest BCUT2D eigenvalue weighted by molar-refractivity contribution is 5.95. The van der Waals surface area contributed by atoms with Crippen molar-refractivity contribution >= 4 is 5.78 Å². The first-order valence-electron chi connectivity index (χ1n) is 9.21. The third-order valence-corrected chi connectivity index (χ3v) is 7.78. The molecule has 0 aromatic rings. The number of aliphatic hydroxyl groups excluding tert-OH is 1. The molecule has 0 spiro atoms. The summed E-state index contributed by atoms with van der Waals surface area (Å²) in [5, 5.41) is 9.95. The summed E-state index contributed by atoms with van der Waals surface area (Å²) in [5.74, 6) is -0.355. The summed E-state index contributed by atoms with van der Waals surface area (Å²) in [6.07, 6.45) is 1.16. The highest BCUT2D eigenvalue weighted by atomic mass is 19.4. The zero-order chi connectivity index (χ0) is 17.3. The lowest BCUT2D eigenvalue weighted by molar-refractivity contribution is -0.211. The van der Waals surface area contributed by atoms with Crippen molar-refractivity contribution in [3.63, 3.8) is 0 Å². The van der Waals surface area contributed by atoms with Gasteiger partial charge in [0, 0.05) is 0 Å². The number of halogens is 3. The first kappa shape index (κ1) is 16.6. The lowest BCUT2D eigenvalue weighted by atomic mass is 9.51. The average molecular weight is 342 g/mol. The summed E-state index contributed by atoms with van der Waals surface area (Å²) in [4.78, 5) is 11.7. The Labute approximate surface area is 140 Å². The summed E-state index contributed by atoms with van der Waals surface area (Å²) in [7, 11) is 0. The van der Waals surface area contributed by atoms with Gasteiger partial charge in [0.25, 0.3) is 0 Å². The van der Waals surface area contributed by atoms with E-state index in [9.17, 15) is 23.1 Å². The van der Waals surface area contributed by atoms with Crippen LogP contribution in [0, 0.1) is 35.0 Å². The summed E-state index contributed by atoms with van der Waals surface area (Å²) in [6, 6.07) is 0. The fraction of sp³-hybridized carbons (Fsp3) is 0.842. The van der Waals surface area contributed by atoms with Crippen LogP contribution < -0.4 is 0 Å². The van der Waals surface area contributed by atoms with Crippen molar-refractivity contribution in [3.8, 4) is 0 Å². The third-order valence-electron chi connectivity index (χ3n) is 7.78. The van der Waals surface area contributed by atoms with Gasteiger partial charge in [-0.15, -0.1) is 0 Å². The molecule has 0 aromatic carbocycles. The average Bonchev–Trinajstić information content (AvgIpc) is 2.85. The number of carbonyl (C=O) groups excluding carboxylic acids is 1. The van der Waals surface area contributed by atoms with Gasteiger partial charge >= 0.3 is 6.18 Å². The molecule has 3 fully saturated rings. The molecule has 0 aliphatic heterocycles. The van der Waals surface area contributed by atoms with Crippen LogP contribution in [-0.2, 0) is 4.79 Å². The molecule has 0 aromatic heterocycles. The standard InChI is InChI=1S/C19H25F3O2/c1-18-7-6-11-12(14(18)4-5-17(18)19(20,21)22)3-2-10-8-15(23)16(24)9-13(10)11/h8,11-14,16-17,24H,2-7,9H2,1H3/t11-,12+,13-,14-,16?,17+,18-/m0/s1. The second kappa shape index (κ2) is 5.33. The molecule has 1 unspecified atom stereocenters. The van der Waals surface area contributed by atoms with Crippen LogP contribution in [0.1, 0.15) is 51.9 Å². The Bertz CT molecular complexity index is 582. The molecule has 4 aliphatic rings. The van der Waals surface area contributed by atoms with Crippen molar-refractivity contribution in [2.45, 2.75) is 64.1 Å². The fourth-order valence-corrected chi connectivity index (χ4v) is 6.70. The second-order valence-electron chi connectivity index (χ2n) is 8.67. The van der Waals surface area contributed by atoms with Crippen molar-refractivity contribution in [1.82, 2.24) is 0 Å². The van der Waals surface area contributed by atoms with Crippen LogP contribution in [0.25, 0.3) is 0 Å². The highest BCUT2D eigenvalue weighted by Crippen LogP contribution is 2.66. The maximum atomic E-state index is 13.5. The maximum absolute atomic E-state index is 13.5. The van der Waals surface area contributed by atoms with Crippen molar-refractivity contribution in [2.24, 2.45) is 35.0 Å². The smallest absolute Gasteiger partial charge is 0.385 e. The second-order valence-corrected chi connectivity index (χ2v) is 8.67. The Balaban J connectivity index is 1.62. The highest BCUT2D eigenvalue weighted by Gasteiger charge is 2.62. The van der Waals surface area contributed by atoms with Gasteiger partial charge in [-0.1, -0.05) is 12.5 Å². The fourth-order valence-electron chi connectivity index (χ4n) is 6.70. The molecule has 4 aliphatic carbocycles. The minimum absolute atomic E-state index is 0.138. The van der Waals surface area contributed by atoms with E-state index in [1.807, 2.05) is 6.92 Å². The van der Waals surface area contributed by atoms with E-state index in [0.29, 0.717) is 31.1 Å². The molecular weight excluding hydrogens is 317 g/mol. The van der Waals surface area contributed by atoms with Crippen molar-refractivity contribution in [2.75, 3.05) is 0 Å². The number of ketones is 1. The van der Waals surface area contributed by atoms with E-state index in [2.05, 4.69) is 0 Å². The van der Waals surface area contributed by atoms with Gasteiger partial charge in [-0.25, -0.2) is 0 Å². The Hall–Kier alpha value is -0.840. The molecular formula is C19H25F3O2. The number of alkyl halides is 3. The SMILES string of the molecule is C[C@]12CC[C@H]3[C@@H](CCC4=CC(=O)C(O)C[C@@H]43)[C@@H]1CC[C@H]2C(F)(F)F. The molecule has 2 nitrogen and oxygen atoms in total. The number of aliphatic hydroxyl groups is 1. The number of carbonyl (C=O) groups is 1. The molecule has 0 saturated heterocycles. The number of fused-ring (bicyclic) bond motifs is 5. The van der Waals surface area contributed by atoms with E-state index >= 15 is 0 Å². The minimum Gasteiger partial charge on any atom is -0.385 e. The normalized spacial score (nSPS) is 48.4. The third kappa shape index (κ3) is 2.30. The number of hydrogen-bond donors (Lipinski definition) is 1. The zero-order valence-electron chi connectivity index (χ0n) is 14.0. The van der Waals surface area contributed by atoms with E-state index in [-0.39, 0.29) is 24.0 Å². The van der Waals surface area contributed by atoms with Gasteiger partial charge in [-0.2, -0.15) is 13.2 Å². The molecule has 0 bridgehead atoms. The van der Waals surface area contributed by atoms with Gasteiger partial charge in [-0.3, -0.25) is 4.79 Å². The number of rotatable bonds is 0. The number of allylic oxidation sites excluding steroid dienone is 1. The van der Waals surface area contributed by atoms with E-state index in [1.54, 1.807) is 6.08 Å². The van der Waals surface area contributed by atoms with Crippen LogP contribution in [0.3, 0.4) is 0 Å². The summed E-state index contributed by atoms with van der Waals surface area (Å²) >= 11 is 0. The van der Waals surface area contributed by atoms with E-state index < -0.39 is 23.6 Å². The van der Waals surface area contributed by atoms with Gasteiger partial charge in [0.2, 0.25) is 0 Å². The van der Waals surface area contributed by atoms with Gasteiger partial charge in [0.1, 0.15) is 6.10 Å². The first-order valence-corrected chi connectivity index (χ1v) is 9.21. The predicted octanol–water partition coefficient (Wildman–Crippen LogP) is 4.28. The summed E-state index contributed by atoms with van der Waals surface area (Å²) < 4.78 is 40.5. The van der Waals surface area contributed by atoms with Crippen molar-refractivity contribution in [1.29, 1.82) is 0 Å². The number of hydrogen-bond acceptors (Lipinski definition) is 2. The van der Waals surface area contributed by atoms with Crippen LogP contribution in [0.15, 0.2) is 11.6 Å². The van der Waals surface area contributed by atoms with Crippen LogP contribution in [0.2, 0.25) is 0 Å². The van der Waals surface area contributed by atoms with Gasteiger partial charge in [0.05, 0.1) is 5.92 Å². The van der Waals surface area contributed by atoms with Crippen LogP contribution in [0.4, 0.5) is 13.2 Å². The van der Waals surface area contributed by atoms with Crippen LogP contribution in [-0.4, -0.2) is 23.2 Å². The van der Waals surface area contributed by atoms with Gasteiger partial charge in [-0.05, 0) is 80.1 Å². The molecule has 24 heavy (non-hydrogen) atoms. The molecule has 0 amide bonds. The molecule has 7 atom stereocenters. The van der Waals surface area contributed by atoms with Crippen LogP contribution >= 0.6 is 0 Å². The molecule has 3 saturated carbocycles. The van der Waals surface area contributed by atoms with Crippen molar-refractivity contribution in [3.05, 3.63) is 11.6 Å². The molecule has 0 radical (unpaired) electrons. The van der Waals surface area contributed by atoms with E-state index in [1.165, 1.54) is 0 Å². The zero-order valence-corrected chi connectivity index (χ0v) is 14.0. The minimum atomic E-state index is -4.09. The topological polar surface area (TPSA) is 37.3 Å². The molecule has 0 heterocycles. The predicted molar refractivity (Wildman–Crippen MR) is 83.0 cm³/mol. The first-order chi connectivity index (χ1) is 11.2. The monoisotopic (exact) mass is 342 g/mol. The molecule has 5 heteroatoms. The van der Waals surface area contributed by atoms with Gasteiger partial charge in [0.15, 0.2) is 5.78 Å².